The van der Waals surface area contributed by atoms with Crippen LogP contribution in [0.3, 0.4) is 0 Å². The average Bonchev–Trinajstić information content (AvgIpc) is 3.04. The SMILES string of the molecule is CC(=O)N1CCc2cc(Nc3nc(C(F)(F)F)nc4ccccc34)ccc21. The molecule has 3 aromatic rings. The Labute approximate surface area is 152 Å². The lowest BCUT2D eigenvalue weighted by atomic mass is 10.1. The Kier molecular flexibility index (Phi) is 3.98. The monoisotopic (exact) mass is 372 g/mol. The van der Waals surface area contributed by atoms with Crippen molar-refractivity contribution in [2.24, 2.45) is 0 Å². The van der Waals surface area contributed by atoms with E-state index in [4.69, 9.17) is 0 Å². The summed E-state index contributed by atoms with van der Waals surface area (Å²) in [5, 5.41) is 3.48. The van der Waals surface area contributed by atoms with Crippen molar-refractivity contribution < 1.29 is 18.0 Å². The molecule has 1 N–H and O–H groups in total. The van der Waals surface area contributed by atoms with Crippen LogP contribution in [0.4, 0.5) is 30.4 Å². The highest BCUT2D eigenvalue weighted by Crippen LogP contribution is 2.34. The number of carbonyl (C=O) groups is 1. The maximum atomic E-state index is 13.1. The van der Waals surface area contributed by atoms with Gasteiger partial charge in [-0.15, -0.1) is 0 Å². The first-order valence-electron chi connectivity index (χ1n) is 8.35. The van der Waals surface area contributed by atoms with E-state index in [9.17, 15) is 18.0 Å². The van der Waals surface area contributed by atoms with Gasteiger partial charge in [-0.05, 0) is 42.3 Å². The number of halogens is 3. The molecular weight excluding hydrogens is 357 g/mol. The molecule has 4 rings (SSSR count). The molecule has 1 aliphatic heterocycles. The van der Waals surface area contributed by atoms with Gasteiger partial charge in [0.2, 0.25) is 11.7 Å². The molecule has 27 heavy (non-hydrogen) atoms. The molecule has 2 aromatic carbocycles. The lowest BCUT2D eigenvalue weighted by Gasteiger charge is -2.16. The van der Waals surface area contributed by atoms with Gasteiger partial charge in [0.05, 0.1) is 5.52 Å². The van der Waals surface area contributed by atoms with Gasteiger partial charge in [-0.3, -0.25) is 4.79 Å². The summed E-state index contributed by atoms with van der Waals surface area (Å²) < 4.78 is 39.4. The van der Waals surface area contributed by atoms with E-state index >= 15 is 0 Å². The quantitative estimate of drug-likeness (QED) is 0.729. The van der Waals surface area contributed by atoms with E-state index in [0.717, 1.165) is 11.3 Å². The van der Waals surface area contributed by atoms with Crippen LogP contribution in [0.25, 0.3) is 10.9 Å². The fraction of sp³-hybridized carbons (Fsp3) is 0.211. The van der Waals surface area contributed by atoms with Crippen molar-refractivity contribution in [3.63, 3.8) is 0 Å². The molecule has 0 aliphatic carbocycles. The largest absolute Gasteiger partial charge is 0.451 e. The number of anilines is 3. The molecule has 0 spiro atoms. The summed E-state index contributed by atoms with van der Waals surface area (Å²) in [6.07, 6.45) is -3.94. The number of rotatable bonds is 2. The molecule has 1 aliphatic rings. The first-order chi connectivity index (χ1) is 12.8. The predicted molar refractivity (Wildman–Crippen MR) is 96.0 cm³/mol. The second-order valence-corrected chi connectivity index (χ2v) is 6.30. The van der Waals surface area contributed by atoms with Crippen LogP contribution in [0.1, 0.15) is 18.3 Å². The van der Waals surface area contributed by atoms with Crippen LogP contribution in [-0.2, 0) is 17.4 Å². The van der Waals surface area contributed by atoms with E-state index in [2.05, 4.69) is 15.3 Å². The molecule has 0 fully saturated rings. The number of aromatic nitrogens is 2. The van der Waals surface area contributed by atoms with Crippen molar-refractivity contribution in [1.82, 2.24) is 9.97 Å². The van der Waals surface area contributed by atoms with Gasteiger partial charge in [0.15, 0.2) is 0 Å². The Morgan fingerprint density at radius 2 is 1.93 bits per heavy atom. The number of para-hydroxylation sites is 1. The second-order valence-electron chi connectivity index (χ2n) is 6.30. The number of hydrogen-bond acceptors (Lipinski definition) is 4. The molecule has 0 saturated carbocycles. The van der Waals surface area contributed by atoms with Gasteiger partial charge < -0.3 is 10.2 Å². The zero-order valence-corrected chi connectivity index (χ0v) is 14.3. The number of carbonyl (C=O) groups excluding carboxylic acids is 1. The van der Waals surface area contributed by atoms with E-state index in [1.54, 1.807) is 35.2 Å². The zero-order chi connectivity index (χ0) is 19.2. The van der Waals surface area contributed by atoms with Gasteiger partial charge >= 0.3 is 6.18 Å². The standard InChI is InChI=1S/C19H15F3N4O/c1-11(27)26-9-8-12-10-13(6-7-16(12)26)23-17-14-4-2-3-5-15(14)24-18(25-17)19(20,21)22/h2-7,10H,8-9H2,1H3,(H,23,24,25). The van der Waals surface area contributed by atoms with Crippen LogP contribution < -0.4 is 10.2 Å². The molecule has 138 valence electrons. The summed E-state index contributed by atoms with van der Waals surface area (Å²) >= 11 is 0. The first-order valence-corrected chi connectivity index (χ1v) is 8.35. The van der Waals surface area contributed by atoms with Crippen LogP contribution in [0.15, 0.2) is 42.5 Å². The van der Waals surface area contributed by atoms with E-state index in [1.807, 2.05) is 6.07 Å². The number of fused-ring (bicyclic) bond motifs is 2. The molecule has 1 aromatic heterocycles. The topological polar surface area (TPSA) is 58.1 Å². The molecule has 8 heteroatoms. The van der Waals surface area contributed by atoms with E-state index in [-0.39, 0.29) is 17.2 Å². The lowest BCUT2D eigenvalue weighted by molar-refractivity contribution is -0.144. The molecule has 0 radical (unpaired) electrons. The number of nitrogens with one attached hydrogen (secondary N) is 1. The van der Waals surface area contributed by atoms with Crippen molar-refractivity contribution in [2.45, 2.75) is 19.5 Å². The highest BCUT2D eigenvalue weighted by atomic mass is 19.4. The van der Waals surface area contributed by atoms with Crippen molar-refractivity contribution >= 4 is 34.0 Å². The minimum atomic E-state index is -4.64. The number of benzene rings is 2. The van der Waals surface area contributed by atoms with Gasteiger partial charge in [0.1, 0.15) is 5.82 Å². The molecule has 2 heterocycles. The van der Waals surface area contributed by atoms with Crippen molar-refractivity contribution in [2.75, 3.05) is 16.8 Å². The van der Waals surface area contributed by atoms with Crippen LogP contribution in [0, 0.1) is 0 Å². The minimum absolute atomic E-state index is 0.0360. The molecule has 5 nitrogen and oxygen atoms in total. The maximum Gasteiger partial charge on any atom is 0.451 e. The number of hydrogen-bond donors (Lipinski definition) is 1. The van der Waals surface area contributed by atoms with Crippen molar-refractivity contribution in [1.29, 1.82) is 0 Å². The third kappa shape index (κ3) is 3.18. The Morgan fingerprint density at radius 3 is 2.67 bits per heavy atom. The molecule has 0 atom stereocenters. The molecule has 1 amide bonds. The second kappa shape index (κ2) is 6.22. The molecular formula is C19H15F3N4O. The summed E-state index contributed by atoms with van der Waals surface area (Å²) in [5.74, 6) is -1.13. The smallest absolute Gasteiger partial charge is 0.340 e. The Morgan fingerprint density at radius 1 is 1.15 bits per heavy atom. The van der Waals surface area contributed by atoms with Gasteiger partial charge in [-0.25, -0.2) is 9.97 Å². The summed E-state index contributed by atoms with van der Waals surface area (Å²) in [5.41, 5.74) is 2.61. The molecule has 0 unspecified atom stereocenters. The molecule has 0 saturated heterocycles. The summed E-state index contributed by atoms with van der Waals surface area (Å²) in [4.78, 5) is 20.6. The third-order valence-corrected chi connectivity index (χ3v) is 4.47. The highest BCUT2D eigenvalue weighted by Gasteiger charge is 2.35. The number of amides is 1. The van der Waals surface area contributed by atoms with E-state index in [1.165, 1.54) is 13.0 Å². The van der Waals surface area contributed by atoms with Gasteiger partial charge in [-0.2, -0.15) is 13.2 Å². The van der Waals surface area contributed by atoms with Gasteiger partial charge in [-0.1, -0.05) is 12.1 Å². The Hall–Kier alpha value is -3.16. The van der Waals surface area contributed by atoms with E-state index < -0.39 is 12.0 Å². The highest BCUT2D eigenvalue weighted by molar-refractivity contribution is 5.95. The molecule has 0 bridgehead atoms. The summed E-state index contributed by atoms with van der Waals surface area (Å²) in [7, 11) is 0. The van der Waals surface area contributed by atoms with Crippen molar-refractivity contribution in [3.8, 4) is 0 Å². The Bertz CT molecular complexity index is 1050. The van der Waals surface area contributed by atoms with Crippen LogP contribution in [-0.4, -0.2) is 22.4 Å². The zero-order valence-electron chi connectivity index (χ0n) is 14.3. The fourth-order valence-electron chi connectivity index (χ4n) is 3.24. The minimum Gasteiger partial charge on any atom is -0.340 e. The predicted octanol–water partition coefficient (Wildman–Crippen LogP) is 4.30. The summed E-state index contributed by atoms with van der Waals surface area (Å²) in [6, 6.07) is 11.9. The fourth-order valence-corrected chi connectivity index (χ4v) is 3.24. The maximum absolute atomic E-state index is 13.1. The Balaban J connectivity index is 1.75. The normalized spacial score (nSPS) is 13.7. The van der Waals surface area contributed by atoms with Crippen LogP contribution in [0.5, 0.6) is 0 Å². The lowest BCUT2D eigenvalue weighted by Crippen LogP contribution is -2.25. The number of nitrogens with zero attached hydrogens (tertiary/aromatic N) is 3. The van der Waals surface area contributed by atoms with Crippen LogP contribution >= 0.6 is 0 Å². The van der Waals surface area contributed by atoms with Crippen LogP contribution in [0.2, 0.25) is 0 Å². The first kappa shape index (κ1) is 17.3. The van der Waals surface area contributed by atoms with E-state index in [0.29, 0.717) is 24.0 Å². The average molecular weight is 372 g/mol. The van der Waals surface area contributed by atoms with Gasteiger partial charge in [0, 0.05) is 30.2 Å². The van der Waals surface area contributed by atoms with Gasteiger partial charge in [0.25, 0.3) is 0 Å². The summed E-state index contributed by atoms with van der Waals surface area (Å²) in [6.45, 7) is 2.11. The third-order valence-electron chi connectivity index (χ3n) is 4.47. The van der Waals surface area contributed by atoms with Crippen molar-refractivity contribution in [3.05, 3.63) is 53.9 Å². The number of alkyl halides is 3.